The van der Waals surface area contributed by atoms with Crippen LogP contribution in [0.3, 0.4) is 0 Å². The van der Waals surface area contributed by atoms with E-state index in [-0.39, 0.29) is 24.0 Å². The Bertz CT molecular complexity index is 791. The fraction of sp³-hybridized carbons (Fsp3) is 0.500. The molecule has 1 aromatic heterocycles. The third-order valence-electron chi connectivity index (χ3n) is 5.28. The summed E-state index contributed by atoms with van der Waals surface area (Å²) >= 11 is 0. The van der Waals surface area contributed by atoms with Gasteiger partial charge in [0.15, 0.2) is 5.96 Å². The number of rotatable bonds is 7. The van der Waals surface area contributed by atoms with E-state index in [1.54, 1.807) is 0 Å². The molecule has 0 saturated carbocycles. The van der Waals surface area contributed by atoms with Gasteiger partial charge in [0.05, 0.1) is 19.2 Å². The maximum Gasteiger partial charge on any atom is 0.194 e. The summed E-state index contributed by atoms with van der Waals surface area (Å²) in [5.41, 5.74) is 4.03. The molecule has 6 nitrogen and oxygen atoms in total. The lowest BCUT2D eigenvalue weighted by Crippen LogP contribution is -2.41. The first-order valence-corrected chi connectivity index (χ1v) is 10.1. The van der Waals surface area contributed by atoms with Crippen molar-refractivity contribution in [1.29, 1.82) is 0 Å². The van der Waals surface area contributed by atoms with Crippen molar-refractivity contribution >= 4 is 29.9 Å². The Morgan fingerprint density at radius 2 is 2.00 bits per heavy atom. The van der Waals surface area contributed by atoms with E-state index in [1.807, 2.05) is 26.4 Å². The highest BCUT2D eigenvalue weighted by Crippen LogP contribution is 2.18. The van der Waals surface area contributed by atoms with Gasteiger partial charge in [-0.1, -0.05) is 24.3 Å². The molecule has 7 heteroatoms. The number of aryl methyl sites for hydroxylation is 1. The van der Waals surface area contributed by atoms with Crippen molar-refractivity contribution in [2.24, 2.45) is 12.0 Å². The number of guanidine groups is 1. The van der Waals surface area contributed by atoms with Crippen LogP contribution in [0.5, 0.6) is 0 Å². The predicted molar refractivity (Wildman–Crippen MR) is 130 cm³/mol. The van der Waals surface area contributed by atoms with Gasteiger partial charge in [0, 0.05) is 52.2 Å². The molecule has 160 valence electrons. The first kappa shape index (κ1) is 23.7. The molecule has 1 aliphatic heterocycles. The largest absolute Gasteiger partial charge is 0.390 e. The molecule has 1 aromatic carbocycles. The average Bonchev–Trinajstić information content (AvgIpc) is 3.09. The molecule has 0 spiro atoms. The van der Waals surface area contributed by atoms with Crippen LogP contribution in [-0.4, -0.2) is 64.8 Å². The minimum atomic E-state index is -0.470. The van der Waals surface area contributed by atoms with Crippen LogP contribution >= 0.6 is 24.0 Å². The van der Waals surface area contributed by atoms with Crippen LogP contribution in [0.25, 0.3) is 0 Å². The smallest absolute Gasteiger partial charge is 0.194 e. The molecule has 1 atom stereocenters. The number of fused-ring (bicyclic) bond motifs is 1. The average molecular weight is 511 g/mol. The number of hydrogen-bond acceptors (Lipinski definition) is 3. The van der Waals surface area contributed by atoms with Gasteiger partial charge < -0.3 is 19.9 Å². The number of aliphatic hydroxyl groups excluding tert-OH is 1. The molecule has 2 heterocycles. The fourth-order valence-corrected chi connectivity index (χ4v) is 3.71. The van der Waals surface area contributed by atoms with Crippen LogP contribution in [0.4, 0.5) is 0 Å². The van der Waals surface area contributed by atoms with Crippen LogP contribution in [0.15, 0.2) is 47.6 Å². The zero-order valence-electron chi connectivity index (χ0n) is 17.7. The third-order valence-corrected chi connectivity index (χ3v) is 5.28. The predicted octanol–water partition coefficient (Wildman–Crippen LogP) is 2.46. The maximum atomic E-state index is 10.5. The first-order valence-electron chi connectivity index (χ1n) is 10.1. The van der Waals surface area contributed by atoms with Gasteiger partial charge in [-0.3, -0.25) is 9.89 Å². The van der Waals surface area contributed by atoms with Gasteiger partial charge in [-0.15, -0.1) is 24.0 Å². The van der Waals surface area contributed by atoms with Crippen molar-refractivity contribution in [2.45, 2.75) is 32.5 Å². The lowest BCUT2D eigenvalue weighted by Gasteiger charge is -2.30. The monoisotopic (exact) mass is 511 g/mol. The first-order chi connectivity index (χ1) is 13.6. The Morgan fingerprint density at radius 1 is 1.24 bits per heavy atom. The highest BCUT2D eigenvalue weighted by atomic mass is 127. The minimum Gasteiger partial charge on any atom is -0.390 e. The Hall–Kier alpha value is -1.58. The topological polar surface area (TPSA) is 56.0 Å². The molecule has 2 aromatic rings. The summed E-state index contributed by atoms with van der Waals surface area (Å²) in [5, 5.41) is 13.9. The van der Waals surface area contributed by atoms with Crippen molar-refractivity contribution < 1.29 is 5.11 Å². The van der Waals surface area contributed by atoms with E-state index in [1.165, 1.54) is 16.8 Å². The van der Waals surface area contributed by atoms with Crippen molar-refractivity contribution in [3.63, 3.8) is 0 Å². The fourth-order valence-electron chi connectivity index (χ4n) is 3.71. The number of benzene rings is 1. The SMILES string of the molecule is CCNC(=NCC(O)CN1CCc2ccccc2C1)N(C)Cc1cccn1C.I. The van der Waals surface area contributed by atoms with Gasteiger partial charge in [0.25, 0.3) is 0 Å². The van der Waals surface area contributed by atoms with E-state index in [4.69, 9.17) is 0 Å². The minimum absolute atomic E-state index is 0. The summed E-state index contributed by atoms with van der Waals surface area (Å²) in [5.74, 6) is 0.826. The standard InChI is InChI=1S/C22H33N5O.HI/c1-4-23-22(26(3)16-20-10-7-12-25(20)2)24-14-21(28)17-27-13-11-18-8-5-6-9-19(18)15-27;/h5-10,12,21,28H,4,11,13-17H2,1-3H3,(H,23,24);1H. The Balaban J connectivity index is 0.00000300. The van der Waals surface area contributed by atoms with Crippen LogP contribution in [-0.2, 0) is 26.6 Å². The Kier molecular flexibility index (Phi) is 9.45. The van der Waals surface area contributed by atoms with Crippen LogP contribution in [0.2, 0.25) is 0 Å². The van der Waals surface area contributed by atoms with Gasteiger partial charge in [-0.05, 0) is 36.6 Å². The van der Waals surface area contributed by atoms with Crippen molar-refractivity contribution in [1.82, 2.24) is 19.7 Å². The number of aromatic nitrogens is 1. The number of nitrogens with zero attached hydrogens (tertiary/aromatic N) is 4. The number of halogens is 1. The molecule has 1 unspecified atom stereocenters. The second-order valence-electron chi connectivity index (χ2n) is 7.57. The zero-order valence-corrected chi connectivity index (χ0v) is 20.0. The van der Waals surface area contributed by atoms with Crippen LogP contribution < -0.4 is 5.32 Å². The van der Waals surface area contributed by atoms with Gasteiger partial charge in [0.2, 0.25) is 0 Å². The van der Waals surface area contributed by atoms with Crippen LogP contribution in [0, 0.1) is 0 Å². The lowest BCUT2D eigenvalue weighted by molar-refractivity contribution is 0.111. The summed E-state index contributed by atoms with van der Waals surface area (Å²) in [6, 6.07) is 12.8. The lowest BCUT2D eigenvalue weighted by atomic mass is 10.00. The second-order valence-corrected chi connectivity index (χ2v) is 7.57. The Morgan fingerprint density at radius 3 is 2.69 bits per heavy atom. The van der Waals surface area contributed by atoms with Crippen molar-refractivity contribution in [3.8, 4) is 0 Å². The molecular weight excluding hydrogens is 477 g/mol. The molecule has 0 aliphatic carbocycles. The molecule has 0 saturated heterocycles. The molecule has 0 bridgehead atoms. The second kappa shape index (κ2) is 11.6. The Labute approximate surface area is 191 Å². The van der Waals surface area contributed by atoms with E-state index < -0.39 is 6.10 Å². The molecule has 29 heavy (non-hydrogen) atoms. The molecule has 0 radical (unpaired) electrons. The number of aliphatic imine (C=N–C) groups is 1. The molecular formula is C22H34IN5O. The van der Waals surface area contributed by atoms with Gasteiger partial charge in [-0.25, -0.2) is 0 Å². The molecule has 0 amide bonds. The molecule has 3 rings (SSSR count). The number of aliphatic hydroxyl groups is 1. The van der Waals surface area contributed by atoms with E-state index in [2.05, 4.69) is 61.9 Å². The normalized spacial score (nSPS) is 15.4. The summed E-state index contributed by atoms with van der Waals surface area (Å²) in [4.78, 5) is 9.10. The molecule has 2 N–H and O–H groups in total. The maximum absolute atomic E-state index is 10.5. The van der Waals surface area contributed by atoms with Gasteiger partial charge in [-0.2, -0.15) is 0 Å². The molecule has 0 fully saturated rings. The number of hydrogen-bond donors (Lipinski definition) is 2. The zero-order chi connectivity index (χ0) is 19.9. The van der Waals surface area contributed by atoms with Crippen LogP contribution in [0.1, 0.15) is 23.7 Å². The summed E-state index contributed by atoms with van der Waals surface area (Å²) in [6.07, 6.45) is 2.63. The van der Waals surface area contributed by atoms with Gasteiger partial charge in [0.1, 0.15) is 0 Å². The summed E-state index contributed by atoms with van der Waals surface area (Å²) in [7, 11) is 4.08. The van der Waals surface area contributed by atoms with E-state index >= 15 is 0 Å². The summed E-state index contributed by atoms with van der Waals surface area (Å²) < 4.78 is 2.11. The van der Waals surface area contributed by atoms with E-state index in [0.717, 1.165) is 38.6 Å². The highest BCUT2D eigenvalue weighted by molar-refractivity contribution is 14.0. The quantitative estimate of drug-likeness (QED) is 0.341. The third kappa shape index (κ3) is 6.72. The van der Waals surface area contributed by atoms with Crippen molar-refractivity contribution in [2.75, 3.05) is 33.2 Å². The molecule has 1 aliphatic rings. The van der Waals surface area contributed by atoms with Crippen molar-refractivity contribution in [3.05, 3.63) is 59.4 Å². The highest BCUT2D eigenvalue weighted by Gasteiger charge is 2.18. The van der Waals surface area contributed by atoms with Gasteiger partial charge >= 0.3 is 0 Å². The van der Waals surface area contributed by atoms with E-state index in [9.17, 15) is 5.11 Å². The number of nitrogens with one attached hydrogen (secondary N) is 1. The number of β-amino-alcohol motifs (C(OH)–C–C–N with tert-alkyl or cyclic N) is 1. The summed E-state index contributed by atoms with van der Waals surface area (Å²) in [6.45, 7) is 6.59. The van der Waals surface area contributed by atoms with E-state index in [0.29, 0.717) is 13.1 Å².